The minimum atomic E-state index is -3.97. The van der Waals surface area contributed by atoms with Gasteiger partial charge in [-0.3, -0.25) is 4.18 Å². The topological polar surface area (TPSA) is 133 Å². The average Bonchev–Trinajstić information content (AvgIpc) is 2.75. The van der Waals surface area contributed by atoms with Crippen molar-refractivity contribution in [1.82, 2.24) is 0 Å². The molecule has 0 aromatic heterocycles. The van der Waals surface area contributed by atoms with Crippen LogP contribution in [0.5, 0.6) is 0 Å². The molecule has 0 heterocycles. The van der Waals surface area contributed by atoms with E-state index in [1.54, 1.807) is 60.7 Å². The number of carboxylic acids is 1. The molecule has 1 atom stereocenters. The van der Waals surface area contributed by atoms with Gasteiger partial charge >= 0.3 is 11.9 Å². The van der Waals surface area contributed by atoms with Crippen LogP contribution in [0.1, 0.15) is 24.0 Å². The third-order valence-electron chi connectivity index (χ3n) is 4.16. The zero-order valence-corrected chi connectivity index (χ0v) is 17.0. The number of benzene rings is 2. The highest BCUT2D eigenvalue weighted by Gasteiger charge is 2.43. The maximum absolute atomic E-state index is 12.2. The Morgan fingerprint density at radius 1 is 0.967 bits per heavy atom. The summed E-state index contributed by atoms with van der Waals surface area (Å²) >= 11 is 0. The summed E-state index contributed by atoms with van der Waals surface area (Å²) in [7, 11) is -3.97. The lowest BCUT2D eigenvalue weighted by molar-refractivity contribution is -0.162. The van der Waals surface area contributed by atoms with Gasteiger partial charge in [0.1, 0.15) is 6.61 Å². The van der Waals surface area contributed by atoms with E-state index in [9.17, 15) is 23.1 Å². The minimum Gasteiger partial charge on any atom is -0.479 e. The number of esters is 1. The lowest BCUT2D eigenvalue weighted by Gasteiger charge is -2.22. The van der Waals surface area contributed by atoms with Gasteiger partial charge < -0.3 is 15.6 Å². The van der Waals surface area contributed by atoms with Gasteiger partial charge in [-0.25, -0.2) is 9.59 Å². The van der Waals surface area contributed by atoms with Crippen molar-refractivity contribution < 1.29 is 32.0 Å². The number of hydrogen-bond donors (Lipinski definition) is 2. The van der Waals surface area contributed by atoms with Crippen molar-refractivity contribution in [1.29, 1.82) is 0 Å². The van der Waals surface area contributed by atoms with Gasteiger partial charge in [-0.15, -0.1) is 0 Å². The van der Waals surface area contributed by atoms with Crippen molar-refractivity contribution in [2.24, 2.45) is 5.73 Å². The summed E-state index contributed by atoms with van der Waals surface area (Å²) in [5.41, 5.74) is 4.81. The first-order chi connectivity index (χ1) is 14.2. The van der Waals surface area contributed by atoms with Crippen molar-refractivity contribution in [2.75, 3.05) is 0 Å². The minimum absolute atomic E-state index is 0.0861. The Bertz CT molecular complexity index is 975. The van der Waals surface area contributed by atoms with Gasteiger partial charge in [0.15, 0.2) is 0 Å². The van der Waals surface area contributed by atoms with Crippen LogP contribution in [0, 0.1) is 0 Å². The smallest absolute Gasteiger partial charge is 0.338 e. The Morgan fingerprint density at radius 2 is 1.50 bits per heavy atom. The van der Waals surface area contributed by atoms with Crippen molar-refractivity contribution >= 4 is 22.1 Å². The Kier molecular flexibility index (Phi) is 8.28. The molecule has 0 bridgehead atoms. The molecule has 0 aliphatic heterocycles. The van der Waals surface area contributed by atoms with Gasteiger partial charge in [-0.05, 0) is 24.0 Å². The molecule has 2 aromatic rings. The molecule has 8 nitrogen and oxygen atoms in total. The molecule has 0 aliphatic rings. The highest BCUT2D eigenvalue weighted by atomic mass is 32.2. The molecule has 9 heteroatoms. The number of carbonyl (C=O) groups is 2. The first-order valence-electron chi connectivity index (χ1n) is 9.06. The monoisotopic (exact) mass is 433 g/mol. The highest BCUT2D eigenvalue weighted by molar-refractivity contribution is 7.89. The van der Waals surface area contributed by atoms with E-state index in [1.165, 1.54) is 6.08 Å². The van der Waals surface area contributed by atoms with Crippen molar-refractivity contribution in [3.05, 3.63) is 83.3 Å². The number of carboxylic acid groups (broad SMARTS) is 1. The van der Waals surface area contributed by atoms with Crippen LogP contribution < -0.4 is 5.73 Å². The second-order valence-corrected chi connectivity index (χ2v) is 7.98. The number of carbonyl (C=O) groups excluding carboxylic acids is 1. The number of aliphatic carboxylic acids is 1. The summed E-state index contributed by atoms with van der Waals surface area (Å²) < 4.78 is 33.7. The van der Waals surface area contributed by atoms with Gasteiger partial charge in [0.05, 0.1) is 12.0 Å². The molecule has 0 radical (unpaired) electrons. The quantitative estimate of drug-likeness (QED) is 0.313. The molecule has 0 spiro atoms. The molecule has 0 amide bonds. The van der Waals surface area contributed by atoms with E-state index in [0.717, 1.165) is 5.41 Å². The SMILES string of the molecule is NC(CC/C=C/S(=O)(=O)OCc1ccccc1)(C(=O)O)C(=O)OCc1ccccc1. The summed E-state index contributed by atoms with van der Waals surface area (Å²) in [6.45, 7) is -0.251. The summed E-state index contributed by atoms with van der Waals surface area (Å²) in [4.78, 5) is 23.8. The van der Waals surface area contributed by atoms with Gasteiger partial charge in [0, 0.05) is 0 Å². The Balaban J connectivity index is 1.89. The zero-order valence-electron chi connectivity index (χ0n) is 16.1. The molecule has 2 aromatic carbocycles. The van der Waals surface area contributed by atoms with E-state index in [4.69, 9.17) is 14.7 Å². The third kappa shape index (κ3) is 7.11. The molecule has 30 heavy (non-hydrogen) atoms. The predicted molar refractivity (Wildman–Crippen MR) is 109 cm³/mol. The van der Waals surface area contributed by atoms with Crippen LogP contribution in [0.4, 0.5) is 0 Å². The van der Waals surface area contributed by atoms with Crippen LogP contribution in [0.3, 0.4) is 0 Å². The number of rotatable bonds is 11. The van der Waals surface area contributed by atoms with Gasteiger partial charge in [0.2, 0.25) is 5.54 Å². The van der Waals surface area contributed by atoms with Crippen LogP contribution in [0.15, 0.2) is 72.1 Å². The molecule has 160 valence electrons. The number of ether oxygens (including phenoxy) is 1. The van der Waals surface area contributed by atoms with Crippen molar-refractivity contribution in [3.63, 3.8) is 0 Å². The molecular weight excluding hydrogens is 410 g/mol. The summed E-state index contributed by atoms with van der Waals surface area (Å²) in [5.74, 6) is -2.66. The lowest BCUT2D eigenvalue weighted by Crippen LogP contribution is -2.55. The summed E-state index contributed by atoms with van der Waals surface area (Å²) in [5, 5.41) is 10.2. The van der Waals surface area contributed by atoms with E-state index in [-0.39, 0.29) is 26.1 Å². The largest absolute Gasteiger partial charge is 0.479 e. The first-order valence-corrected chi connectivity index (χ1v) is 10.5. The molecule has 0 saturated heterocycles. The van der Waals surface area contributed by atoms with Gasteiger partial charge in [-0.1, -0.05) is 66.7 Å². The van der Waals surface area contributed by atoms with Crippen LogP contribution in [0.2, 0.25) is 0 Å². The fourth-order valence-electron chi connectivity index (χ4n) is 2.41. The zero-order chi connectivity index (χ0) is 22.0. The Morgan fingerprint density at radius 3 is 2.03 bits per heavy atom. The van der Waals surface area contributed by atoms with Crippen LogP contribution in [0.25, 0.3) is 0 Å². The normalized spacial score (nSPS) is 13.6. The fraction of sp³-hybridized carbons (Fsp3) is 0.238. The summed E-state index contributed by atoms with van der Waals surface area (Å²) in [6.07, 6.45) is 0.757. The van der Waals surface area contributed by atoms with Gasteiger partial charge in [-0.2, -0.15) is 8.42 Å². The van der Waals surface area contributed by atoms with Crippen LogP contribution in [-0.4, -0.2) is 31.0 Å². The van der Waals surface area contributed by atoms with Crippen molar-refractivity contribution in [3.8, 4) is 0 Å². The Hall–Kier alpha value is -3.01. The fourth-order valence-corrected chi connectivity index (χ4v) is 3.16. The second kappa shape index (κ2) is 10.7. The summed E-state index contributed by atoms with van der Waals surface area (Å²) in [6, 6.07) is 17.5. The molecule has 0 saturated carbocycles. The molecule has 1 unspecified atom stereocenters. The molecule has 0 aliphatic carbocycles. The number of hydrogen-bond acceptors (Lipinski definition) is 7. The second-order valence-electron chi connectivity index (χ2n) is 6.49. The predicted octanol–water partition coefficient (Wildman–Crippen LogP) is 2.35. The Labute approximate surface area is 175 Å². The number of nitrogens with two attached hydrogens (primary N) is 1. The van der Waals surface area contributed by atoms with E-state index in [2.05, 4.69) is 0 Å². The van der Waals surface area contributed by atoms with E-state index in [0.29, 0.717) is 11.1 Å². The highest BCUT2D eigenvalue weighted by Crippen LogP contribution is 2.16. The molecule has 3 N–H and O–H groups in total. The molecular formula is C21H23NO7S. The average molecular weight is 433 g/mol. The maximum Gasteiger partial charge on any atom is 0.338 e. The van der Waals surface area contributed by atoms with Gasteiger partial charge in [0.25, 0.3) is 10.1 Å². The van der Waals surface area contributed by atoms with E-state index in [1.807, 2.05) is 0 Å². The molecule has 2 rings (SSSR count). The molecule has 0 fully saturated rings. The first kappa shape index (κ1) is 23.3. The lowest BCUT2D eigenvalue weighted by atomic mass is 9.95. The van der Waals surface area contributed by atoms with Crippen LogP contribution in [-0.2, 0) is 41.8 Å². The number of allylic oxidation sites excluding steroid dienone is 1. The maximum atomic E-state index is 12.2. The van der Waals surface area contributed by atoms with Crippen molar-refractivity contribution in [2.45, 2.75) is 31.6 Å². The van der Waals surface area contributed by atoms with Crippen LogP contribution >= 0.6 is 0 Å². The van der Waals surface area contributed by atoms with E-state index < -0.39 is 27.6 Å². The van der Waals surface area contributed by atoms with E-state index >= 15 is 0 Å². The standard InChI is InChI=1S/C21H23NO7S/c22-21(19(23)24,20(25)28-15-17-9-3-1-4-10-17)13-7-8-14-30(26,27)29-16-18-11-5-2-6-12-18/h1-6,8-12,14H,7,13,15-16,22H2,(H,23,24)/b14-8+. The third-order valence-corrected chi connectivity index (χ3v) is 5.13.